The number of halogens is 1. The van der Waals surface area contributed by atoms with Crippen LogP contribution in [0.25, 0.3) is 0 Å². The lowest BCUT2D eigenvalue weighted by Gasteiger charge is -2.31. The number of carboxylic acids is 2. The van der Waals surface area contributed by atoms with Gasteiger partial charge in [0, 0.05) is 25.5 Å². The first-order valence-electron chi connectivity index (χ1n) is 6.43. The summed E-state index contributed by atoms with van der Waals surface area (Å²) in [7, 11) is 0. The highest BCUT2D eigenvalue weighted by atomic mass is 35.5. The molecule has 0 radical (unpaired) electrons. The van der Waals surface area contributed by atoms with Crippen molar-refractivity contribution in [2.45, 2.75) is 12.6 Å². The minimum atomic E-state index is -1.82. The van der Waals surface area contributed by atoms with Gasteiger partial charge in [0.2, 0.25) is 0 Å². The summed E-state index contributed by atoms with van der Waals surface area (Å²) in [4.78, 5) is 20.6. The second kappa shape index (κ2) is 9.33. The zero-order valence-electron chi connectivity index (χ0n) is 11.4. The predicted molar refractivity (Wildman–Crippen MR) is 77.5 cm³/mol. The van der Waals surface area contributed by atoms with Gasteiger partial charge in [-0.3, -0.25) is 4.90 Å². The Morgan fingerprint density at radius 2 is 1.86 bits per heavy atom. The number of benzene rings is 1. The van der Waals surface area contributed by atoms with Crippen LogP contribution in [0, 0.1) is 0 Å². The Morgan fingerprint density at radius 3 is 2.38 bits per heavy atom. The molecular weight excluding hydrogens is 298 g/mol. The van der Waals surface area contributed by atoms with Crippen LogP contribution >= 0.6 is 11.6 Å². The molecule has 0 aliphatic carbocycles. The van der Waals surface area contributed by atoms with Crippen molar-refractivity contribution in [2.75, 3.05) is 25.6 Å². The molecule has 0 aromatic heterocycles. The molecule has 1 aromatic rings. The van der Waals surface area contributed by atoms with Crippen LogP contribution < -0.4 is 0 Å². The van der Waals surface area contributed by atoms with E-state index in [4.69, 9.17) is 36.1 Å². The fourth-order valence-electron chi connectivity index (χ4n) is 1.86. The molecule has 1 unspecified atom stereocenters. The molecule has 1 heterocycles. The van der Waals surface area contributed by atoms with E-state index in [1.54, 1.807) is 0 Å². The molecule has 1 atom stereocenters. The average molecular weight is 316 g/mol. The smallest absolute Gasteiger partial charge is 0.414 e. The summed E-state index contributed by atoms with van der Waals surface area (Å²) in [6, 6.07) is 10.5. The fourth-order valence-corrected chi connectivity index (χ4v) is 2.05. The van der Waals surface area contributed by atoms with Gasteiger partial charge in [-0.25, -0.2) is 9.59 Å². The van der Waals surface area contributed by atoms with Crippen molar-refractivity contribution >= 4 is 23.5 Å². The summed E-state index contributed by atoms with van der Waals surface area (Å²) in [5.41, 5.74) is 1.35. The molecule has 6 nitrogen and oxygen atoms in total. The molecule has 1 aliphatic heterocycles. The van der Waals surface area contributed by atoms with E-state index < -0.39 is 11.9 Å². The first-order valence-corrected chi connectivity index (χ1v) is 6.96. The van der Waals surface area contributed by atoms with Crippen LogP contribution in [-0.2, 0) is 20.9 Å². The van der Waals surface area contributed by atoms with Crippen molar-refractivity contribution in [1.82, 2.24) is 4.90 Å². The molecule has 0 bridgehead atoms. The second-order valence-electron chi connectivity index (χ2n) is 4.48. The first kappa shape index (κ1) is 17.4. The molecule has 2 N–H and O–H groups in total. The number of rotatable bonds is 3. The van der Waals surface area contributed by atoms with Crippen LogP contribution in [0.1, 0.15) is 5.56 Å². The van der Waals surface area contributed by atoms with Crippen molar-refractivity contribution in [3.63, 3.8) is 0 Å². The van der Waals surface area contributed by atoms with Crippen LogP contribution in [0.4, 0.5) is 0 Å². The van der Waals surface area contributed by atoms with Crippen LogP contribution in [0.5, 0.6) is 0 Å². The quantitative estimate of drug-likeness (QED) is 0.645. The number of nitrogens with zero attached hydrogens (tertiary/aromatic N) is 1. The molecule has 2 rings (SSSR count). The maximum Gasteiger partial charge on any atom is 0.414 e. The SMILES string of the molecule is ClCC1CN(Cc2ccccc2)CCO1.O=C(O)C(=O)O. The fraction of sp³-hybridized carbons (Fsp3) is 0.429. The lowest BCUT2D eigenvalue weighted by molar-refractivity contribution is -0.159. The molecule has 1 fully saturated rings. The van der Waals surface area contributed by atoms with Crippen LogP contribution in [0.3, 0.4) is 0 Å². The summed E-state index contributed by atoms with van der Waals surface area (Å²) >= 11 is 5.80. The normalized spacial score (nSPS) is 18.4. The second-order valence-corrected chi connectivity index (χ2v) is 4.79. The number of hydrogen-bond donors (Lipinski definition) is 2. The molecule has 116 valence electrons. The number of ether oxygens (including phenoxy) is 1. The largest absolute Gasteiger partial charge is 0.473 e. The summed E-state index contributed by atoms with van der Waals surface area (Å²) in [5.74, 6) is -3.06. The molecule has 21 heavy (non-hydrogen) atoms. The van der Waals surface area contributed by atoms with Crippen LogP contribution in [0.2, 0.25) is 0 Å². The Kier molecular flexibility index (Phi) is 7.74. The zero-order valence-corrected chi connectivity index (χ0v) is 12.2. The topological polar surface area (TPSA) is 87.1 Å². The van der Waals surface area contributed by atoms with Gasteiger partial charge >= 0.3 is 11.9 Å². The number of alkyl halides is 1. The summed E-state index contributed by atoms with van der Waals surface area (Å²) in [5, 5.41) is 14.8. The van der Waals surface area contributed by atoms with Gasteiger partial charge in [-0.05, 0) is 5.56 Å². The highest BCUT2D eigenvalue weighted by molar-refractivity contribution is 6.27. The lowest BCUT2D eigenvalue weighted by Crippen LogP contribution is -2.42. The maximum absolute atomic E-state index is 9.10. The van der Waals surface area contributed by atoms with E-state index >= 15 is 0 Å². The van der Waals surface area contributed by atoms with Gasteiger partial charge in [-0.2, -0.15) is 0 Å². The zero-order chi connectivity index (χ0) is 15.7. The number of hydrogen-bond acceptors (Lipinski definition) is 4. The van der Waals surface area contributed by atoms with E-state index in [0.29, 0.717) is 5.88 Å². The Balaban J connectivity index is 0.000000315. The van der Waals surface area contributed by atoms with E-state index in [2.05, 4.69) is 29.2 Å². The van der Waals surface area contributed by atoms with Gasteiger partial charge in [0.1, 0.15) is 0 Å². The maximum atomic E-state index is 9.10. The van der Waals surface area contributed by atoms with Crippen LogP contribution in [0.15, 0.2) is 30.3 Å². The van der Waals surface area contributed by atoms with Crippen molar-refractivity contribution < 1.29 is 24.5 Å². The monoisotopic (exact) mass is 315 g/mol. The third-order valence-corrected chi connectivity index (χ3v) is 3.17. The molecule has 1 saturated heterocycles. The van der Waals surface area contributed by atoms with Crippen molar-refractivity contribution in [3.8, 4) is 0 Å². The third kappa shape index (κ3) is 7.08. The molecule has 7 heteroatoms. The van der Waals surface area contributed by atoms with E-state index in [0.717, 1.165) is 26.2 Å². The van der Waals surface area contributed by atoms with Gasteiger partial charge in [0.15, 0.2) is 0 Å². The summed E-state index contributed by atoms with van der Waals surface area (Å²) < 4.78 is 5.52. The van der Waals surface area contributed by atoms with Crippen molar-refractivity contribution in [2.24, 2.45) is 0 Å². The lowest BCUT2D eigenvalue weighted by atomic mass is 10.2. The van der Waals surface area contributed by atoms with E-state index in [-0.39, 0.29) is 6.10 Å². The molecule has 0 spiro atoms. The Bertz CT molecular complexity index is 442. The van der Waals surface area contributed by atoms with Gasteiger partial charge < -0.3 is 14.9 Å². The number of aliphatic carboxylic acids is 2. The van der Waals surface area contributed by atoms with Gasteiger partial charge in [-0.15, -0.1) is 11.6 Å². The van der Waals surface area contributed by atoms with Gasteiger partial charge in [0.05, 0.1) is 12.7 Å². The number of carbonyl (C=O) groups is 2. The number of morpholine rings is 1. The average Bonchev–Trinajstić information content (AvgIpc) is 2.49. The Labute approximate surface area is 127 Å². The van der Waals surface area contributed by atoms with Crippen molar-refractivity contribution in [1.29, 1.82) is 0 Å². The van der Waals surface area contributed by atoms with E-state index in [1.165, 1.54) is 5.56 Å². The van der Waals surface area contributed by atoms with E-state index in [1.807, 2.05) is 6.07 Å². The molecule has 0 saturated carbocycles. The minimum Gasteiger partial charge on any atom is -0.473 e. The third-order valence-electron chi connectivity index (χ3n) is 2.83. The van der Waals surface area contributed by atoms with E-state index in [9.17, 15) is 0 Å². The first-order chi connectivity index (χ1) is 10.0. The molecule has 1 aromatic carbocycles. The standard InChI is InChI=1S/C12H16ClNO.C2H2O4/c13-8-12-10-14(6-7-15-12)9-11-4-2-1-3-5-11;3-1(4)2(5)6/h1-5,12H,6-10H2;(H,3,4)(H,5,6). The Hall–Kier alpha value is -1.63. The van der Waals surface area contributed by atoms with Crippen molar-refractivity contribution in [3.05, 3.63) is 35.9 Å². The van der Waals surface area contributed by atoms with Gasteiger partial charge in [0.25, 0.3) is 0 Å². The summed E-state index contributed by atoms with van der Waals surface area (Å²) in [6.45, 7) is 3.74. The number of carboxylic acid groups (broad SMARTS) is 2. The summed E-state index contributed by atoms with van der Waals surface area (Å²) in [6.07, 6.45) is 0.198. The highest BCUT2D eigenvalue weighted by Crippen LogP contribution is 2.10. The van der Waals surface area contributed by atoms with Gasteiger partial charge in [-0.1, -0.05) is 30.3 Å². The highest BCUT2D eigenvalue weighted by Gasteiger charge is 2.19. The molecule has 1 aliphatic rings. The minimum absolute atomic E-state index is 0.198. The molecular formula is C14H18ClNO5. The Morgan fingerprint density at radius 1 is 1.24 bits per heavy atom. The predicted octanol–water partition coefficient (Wildman–Crippen LogP) is 1.28. The van der Waals surface area contributed by atoms with Crippen LogP contribution in [-0.4, -0.2) is 58.7 Å². The molecule has 0 amide bonds.